The van der Waals surface area contributed by atoms with E-state index in [9.17, 15) is 4.79 Å². The smallest absolute Gasteiger partial charge is 0.428 e. The molecule has 0 aliphatic heterocycles. The van der Waals surface area contributed by atoms with Crippen LogP contribution in [0.25, 0.3) is 0 Å². The number of rotatable bonds is 6. The summed E-state index contributed by atoms with van der Waals surface area (Å²) in [5.41, 5.74) is -0.911. The van der Waals surface area contributed by atoms with Crippen LogP contribution in [0.1, 0.15) is 68.2 Å². The summed E-state index contributed by atoms with van der Waals surface area (Å²) in [5.74, 6) is 0.531. The summed E-state index contributed by atoms with van der Waals surface area (Å²) in [6.07, 6.45) is 1.01. The molecule has 0 N–H and O–H groups in total. The number of carbonyl (C=O) groups excluding carboxylic acids is 1. The molecular formula is C15H30O3. The molecule has 0 radical (unpaired) electrons. The molecule has 0 aromatic rings. The molecule has 0 aliphatic rings. The maximum atomic E-state index is 12.0. The maximum Gasteiger partial charge on any atom is 0.509 e. The Morgan fingerprint density at radius 2 is 1.17 bits per heavy atom. The topological polar surface area (TPSA) is 35.5 Å². The van der Waals surface area contributed by atoms with Crippen LogP contribution in [0.3, 0.4) is 0 Å². The average Bonchev–Trinajstić information content (AvgIpc) is 2.27. The van der Waals surface area contributed by atoms with Crippen molar-refractivity contribution in [2.75, 3.05) is 0 Å². The third-order valence-corrected chi connectivity index (χ3v) is 4.48. The zero-order chi connectivity index (χ0) is 14.6. The molecule has 0 bridgehead atoms. The molecule has 2 unspecified atom stereocenters. The van der Waals surface area contributed by atoms with E-state index in [4.69, 9.17) is 9.47 Å². The van der Waals surface area contributed by atoms with Crippen molar-refractivity contribution in [3.05, 3.63) is 0 Å². The highest BCUT2D eigenvalue weighted by Crippen LogP contribution is 2.29. The van der Waals surface area contributed by atoms with Crippen LogP contribution >= 0.6 is 0 Å². The van der Waals surface area contributed by atoms with Crippen LogP contribution in [-0.2, 0) is 9.47 Å². The van der Waals surface area contributed by atoms with Crippen LogP contribution in [0, 0.1) is 11.8 Å². The first-order valence-electron chi connectivity index (χ1n) is 7.03. The van der Waals surface area contributed by atoms with E-state index >= 15 is 0 Å². The first-order valence-corrected chi connectivity index (χ1v) is 7.03. The summed E-state index contributed by atoms with van der Waals surface area (Å²) < 4.78 is 11.1. The van der Waals surface area contributed by atoms with Crippen LogP contribution < -0.4 is 0 Å². The molecular weight excluding hydrogens is 228 g/mol. The predicted octanol–water partition coefficient (Wildman–Crippen LogP) is 4.79. The number of ether oxygens (including phenoxy) is 2. The molecule has 0 fully saturated rings. The Kier molecular flexibility index (Phi) is 6.18. The Hall–Kier alpha value is -0.730. The van der Waals surface area contributed by atoms with Crippen molar-refractivity contribution >= 4 is 6.16 Å². The molecule has 0 rings (SSSR count). The first-order chi connectivity index (χ1) is 8.11. The second-order valence-corrected chi connectivity index (χ2v) is 6.10. The number of hydrogen-bond donors (Lipinski definition) is 0. The lowest BCUT2D eigenvalue weighted by Crippen LogP contribution is -2.42. The molecule has 108 valence electrons. The van der Waals surface area contributed by atoms with Crippen molar-refractivity contribution in [1.29, 1.82) is 0 Å². The third-order valence-electron chi connectivity index (χ3n) is 4.48. The maximum absolute atomic E-state index is 12.0. The number of hydrogen-bond acceptors (Lipinski definition) is 3. The Labute approximate surface area is 112 Å². The molecule has 3 nitrogen and oxygen atoms in total. The largest absolute Gasteiger partial charge is 0.509 e. The molecule has 0 saturated heterocycles. The summed E-state index contributed by atoms with van der Waals surface area (Å²) in [4.78, 5) is 12.0. The summed E-state index contributed by atoms with van der Waals surface area (Å²) in [6.45, 7) is 16.2. The van der Waals surface area contributed by atoms with Gasteiger partial charge in [0.15, 0.2) is 0 Å². The van der Waals surface area contributed by atoms with Crippen molar-refractivity contribution in [2.24, 2.45) is 11.8 Å². The van der Waals surface area contributed by atoms with Gasteiger partial charge in [-0.05, 0) is 38.5 Å². The molecule has 0 spiro atoms. The van der Waals surface area contributed by atoms with E-state index in [1.54, 1.807) is 0 Å². The molecule has 0 saturated carbocycles. The third kappa shape index (κ3) is 4.18. The minimum absolute atomic E-state index is 0.266. The fourth-order valence-corrected chi connectivity index (χ4v) is 1.60. The summed E-state index contributed by atoms with van der Waals surface area (Å²) in [6, 6.07) is 0. The molecule has 18 heavy (non-hydrogen) atoms. The quantitative estimate of drug-likeness (QED) is 0.643. The van der Waals surface area contributed by atoms with Crippen molar-refractivity contribution in [1.82, 2.24) is 0 Å². The van der Waals surface area contributed by atoms with Crippen LogP contribution in [-0.4, -0.2) is 17.4 Å². The molecule has 0 aliphatic carbocycles. The van der Waals surface area contributed by atoms with Gasteiger partial charge in [0.1, 0.15) is 11.2 Å². The van der Waals surface area contributed by atoms with Crippen LogP contribution in [0.5, 0.6) is 0 Å². The molecule has 0 heterocycles. The highest BCUT2D eigenvalue weighted by molar-refractivity contribution is 5.61. The van der Waals surface area contributed by atoms with Crippen molar-refractivity contribution in [3.63, 3.8) is 0 Å². The minimum atomic E-state index is -0.550. The molecule has 0 aromatic heterocycles. The van der Waals surface area contributed by atoms with E-state index in [1.807, 2.05) is 27.7 Å². The van der Waals surface area contributed by atoms with Crippen LogP contribution in [0.4, 0.5) is 4.79 Å². The second-order valence-electron chi connectivity index (χ2n) is 6.10. The Morgan fingerprint density at radius 1 is 0.889 bits per heavy atom. The predicted molar refractivity (Wildman–Crippen MR) is 74.6 cm³/mol. The van der Waals surface area contributed by atoms with E-state index in [0.717, 1.165) is 12.8 Å². The first kappa shape index (κ1) is 17.3. The Balaban J connectivity index is 4.69. The molecule has 3 heteroatoms. The normalized spacial score (nSPS) is 18.3. The van der Waals surface area contributed by atoms with Gasteiger partial charge in [-0.25, -0.2) is 4.79 Å². The van der Waals surface area contributed by atoms with E-state index < -0.39 is 17.4 Å². The highest BCUT2D eigenvalue weighted by atomic mass is 16.7. The lowest BCUT2D eigenvalue weighted by atomic mass is 9.89. The number of carbonyl (C=O) groups is 1. The van der Waals surface area contributed by atoms with E-state index in [2.05, 4.69) is 27.7 Å². The van der Waals surface area contributed by atoms with Gasteiger partial charge in [-0.1, -0.05) is 41.5 Å². The Morgan fingerprint density at radius 3 is 1.33 bits per heavy atom. The van der Waals surface area contributed by atoms with Crippen LogP contribution in [0.15, 0.2) is 0 Å². The summed E-state index contributed by atoms with van der Waals surface area (Å²) >= 11 is 0. The fourth-order valence-electron chi connectivity index (χ4n) is 1.60. The molecule has 0 aromatic carbocycles. The van der Waals surface area contributed by atoms with Gasteiger partial charge in [0.2, 0.25) is 0 Å². The van der Waals surface area contributed by atoms with Gasteiger partial charge in [0.25, 0.3) is 0 Å². The van der Waals surface area contributed by atoms with Gasteiger partial charge in [-0.3, -0.25) is 0 Å². The van der Waals surface area contributed by atoms with E-state index in [1.165, 1.54) is 0 Å². The van der Waals surface area contributed by atoms with Crippen molar-refractivity contribution in [2.45, 2.75) is 79.4 Å². The van der Waals surface area contributed by atoms with Gasteiger partial charge in [-0.2, -0.15) is 0 Å². The van der Waals surface area contributed by atoms with Crippen molar-refractivity contribution < 1.29 is 14.3 Å². The standard InChI is InChI=1S/C15H30O3/c1-9-14(7,11(3)4)17-13(16)18-15(8,10-2)12(5)6/h11-12H,9-10H2,1-8H3. The van der Waals surface area contributed by atoms with Crippen LogP contribution in [0.2, 0.25) is 0 Å². The van der Waals surface area contributed by atoms with E-state index in [-0.39, 0.29) is 11.8 Å². The van der Waals surface area contributed by atoms with Gasteiger partial charge in [-0.15, -0.1) is 0 Å². The lowest BCUT2D eigenvalue weighted by molar-refractivity contribution is -0.100. The molecule has 2 atom stereocenters. The van der Waals surface area contributed by atoms with E-state index in [0.29, 0.717) is 0 Å². The zero-order valence-electron chi connectivity index (χ0n) is 13.3. The van der Waals surface area contributed by atoms with Gasteiger partial charge in [0, 0.05) is 0 Å². The zero-order valence-corrected chi connectivity index (χ0v) is 13.3. The average molecular weight is 258 g/mol. The van der Waals surface area contributed by atoms with Gasteiger partial charge >= 0.3 is 6.16 Å². The minimum Gasteiger partial charge on any atom is -0.428 e. The van der Waals surface area contributed by atoms with Gasteiger partial charge in [0.05, 0.1) is 0 Å². The SMILES string of the molecule is CCC(C)(OC(=O)OC(C)(CC)C(C)C)C(C)C. The monoisotopic (exact) mass is 258 g/mol. The fraction of sp³-hybridized carbons (Fsp3) is 0.933. The van der Waals surface area contributed by atoms with Gasteiger partial charge < -0.3 is 9.47 Å². The summed E-state index contributed by atoms with van der Waals surface area (Å²) in [5, 5.41) is 0. The lowest BCUT2D eigenvalue weighted by Gasteiger charge is -2.36. The molecule has 0 amide bonds. The van der Waals surface area contributed by atoms with Crippen molar-refractivity contribution in [3.8, 4) is 0 Å². The highest BCUT2D eigenvalue weighted by Gasteiger charge is 2.36. The Bertz CT molecular complexity index is 247. The summed E-state index contributed by atoms with van der Waals surface area (Å²) in [7, 11) is 0. The second kappa shape index (κ2) is 6.44.